The lowest BCUT2D eigenvalue weighted by molar-refractivity contribution is -0.113. The number of anilines is 1. The minimum atomic E-state index is -0.250. The van der Waals surface area contributed by atoms with Crippen LogP contribution >= 0.6 is 35.0 Å². The van der Waals surface area contributed by atoms with E-state index in [4.69, 9.17) is 23.2 Å². The van der Waals surface area contributed by atoms with Crippen molar-refractivity contribution >= 4 is 46.6 Å². The summed E-state index contributed by atoms with van der Waals surface area (Å²) in [7, 11) is 0. The zero-order valence-electron chi connectivity index (χ0n) is 14.0. The van der Waals surface area contributed by atoms with Crippen molar-refractivity contribution < 1.29 is 4.79 Å². The fraction of sp³-hybridized carbons (Fsp3) is 0.176. The summed E-state index contributed by atoms with van der Waals surface area (Å²) >= 11 is 13.4. The van der Waals surface area contributed by atoms with Crippen molar-refractivity contribution in [3.63, 3.8) is 0 Å². The Morgan fingerprint density at radius 1 is 1.19 bits per heavy atom. The molecule has 1 amide bonds. The molecule has 26 heavy (non-hydrogen) atoms. The molecule has 0 bridgehead atoms. The molecule has 0 atom stereocenters. The van der Waals surface area contributed by atoms with Crippen molar-refractivity contribution in [2.24, 2.45) is 0 Å². The van der Waals surface area contributed by atoms with Gasteiger partial charge in [0.05, 0.1) is 27.2 Å². The smallest absolute Gasteiger partial charge is 0.234 e. The standard InChI is InChI=1S/C17H15Cl2N5OS/c1-10-6-7-14(11(2)8-10)24-17(21-22-23-24)26-9-15(25)20-16-12(18)4-3-5-13(16)19/h3-8H,9H2,1-2H3,(H,20,25). The number of aromatic nitrogens is 4. The van der Waals surface area contributed by atoms with Gasteiger partial charge in [0.1, 0.15) is 0 Å². The van der Waals surface area contributed by atoms with Crippen LogP contribution in [0.25, 0.3) is 5.69 Å². The van der Waals surface area contributed by atoms with Crippen LogP contribution in [0.1, 0.15) is 11.1 Å². The van der Waals surface area contributed by atoms with E-state index in [0.29, 0.717) is 20.9 Å². The fourth-order valence-corrected chi connectivity index (χ4v) is 3.56. The van der Waals surface area contributed by atoms with Crippen LogP contribution in [0.2, 0.25) is 10.0 Å². The zero-order chi connectivity index (χ0) is 18.7. The third kappa shape index (κ3) is 4.17. The number of amides is 1. The highest BCUT2D eigenvalue weighted by atomic mass is 35.5. The number of aryl methyl sites for hydroxylation is 2. The summed E-state index contributed by atoms with van der Waals surface area (Å²) in [6.07, 6.45) is 0. The second-order valence-electron chi connectivity index (χ2n) is 5.60. The molecule has 9 heteroatoms. The Balaban J connectivity index is 1.71. The van der Waals surface area contributed by atoms with Crippen molar-refractivity contribution in [2.45, 2.75) is 19.0 Å². The molecule has 0 radical (unpaired) electrons. The molecule has 1 heterocycles. The number of thioether (sulfide) groups is 1. The molecule has 1 N–H and O–H groups in total. The van der Waals surface area contributed by atoms with E-state index < -0.39 is 0 Å². The van der Waals surface area contributed by atoms with Gasteiger partial charge in [0.15, 0.2) is 0 Å². The minimum absolute atomic E-state index is 0.118. The number of nitrogens with one attached hydrogen (secondary N) is 1. The molecule has 1 aromatic heterocycles. The van der Waals surface area contributed by atoms with Gasteiger partial charge >= 0.3 is 0 Å². The summed E-state index contributed by atoms with van der Waals surface area (Å²) in [6.45, 7) is 4.01. The second-order valence-corrected chi connectivity index (χ2v) is 7.35. The number of halogens is 2. The normalized spacial score (nSPS) is 10.8. The lowest BCUT2D eigenvalue weighted by Crippen LogP contribution is -2.15. The van der Waals surface area contributed by atoms with Gasteiger partial charge in [-0.1, -0.05) is 58.7 Å². The van der Waals surface area contributed by atoms with E-state index in [9.17, 15) is 4.79 Å². The van der Waals surface area contributed by atoms with Gasteiger partial charge in [0.25, 0.3) is 0 Å². The number of rotatable bonds is 5. The maximum atomic E-state index is 12.2. The largest absolute Gasteiger partial charge is 0.323 e. The summed E-state index contributed by atoms with van der Waals surface area (Å²) in [4.78, 5) is 12.2. The molecule has 2 aromatic carbocycles. The third-order valence-corrected chi connectivity index (χ3v) is 5.13. The van der Waals surface area contributed by atoms with Gasteiger partial charge in [0, 0.05) is 0 Å². The Labute approximate surface area is 164 Å². The van der Waals surface area contributed by atoms with Gasteiger partial charge in [0.2, 0.25) is 11.1 Å². The predicted octanol–water partition coefficient (Wildman–Crippen LogP) is 4.32. The summed E-state index contributed by atoms with van der Waals surface area (Å²) in [5, 5.41) is 15.8. The van der Waals surface area contributed by atoms with Gasteiger partial charge in [-0.3, -0.25) is 4.79 Å². The van der Waals surface area contributed by atoms with Gasteiger partial charge in [-0.25, -0.2) is 0 Å². The molecule has 0 unspecified atom stereocenters. The van der Waals surface area contributed by atoms with Crippen LogP contribution in [-0.2, 0) is 4.79 Å². The monoisotopic (exact) mass is 407 g/mol. The van der Waals surface area contributed by atoms with Crippen molar-refractivity contribution in [3.05, 3.63) is 57.6 Å². The molecule has 0 spiro atoms. The number of hydrogen-bond donors (Lipinski definition) is 1. The van der Waals surface area contributed by atoms with Gasteiger partial charge in [-0.15, -0.1) is 5.10 Å². The predicted molar refractivity (Wildman–Crippen MR) is 104 cm³/mol. The van der Waals surface area contributed by atoms with Crippen LogP contribution in [0, 0.1) is 13.8 Å². The van der Waals surface area contributed by atoms with Crippen LogP contribution in [0.15, 0.2) is 41.6 Å². The number of benzene rings is 2. The SMILES string of the molecule is Cc1ccc(-n2nnnc2SCC(=O)Nc2c(Cl)cccc2Cl)c(C)c1. The van der Waals surface area contributed by atoms with E-state index in [1.807, 2.05) is 26.0 Å². The molecular formula is C17H15Cl2N5OS. The quantitative estimate of drug-likeness (QED) is 0.637. The van der Waals surface area contributed by atoms with E-state index in [1.54, 1.807) is 22.9 Å². The van der Waals surface area contributed by atoms with Gasteiger partial charge in [-0.05, 0) is 48.0 Å². The van der Waals surface area contributed by atoms with E-state index >= 15 is 0 Å². The fourth-order valence-electron chi connectivity index (χ4n) is 2.39. The first-order valence-corrected chi connectivity index (χ1v) is 9.42. The molecule has 0 aliphatic carbocycles. The summed E-state index contributed by atoms with van der Waals surface area (Å²) in [5.74, 6) is -0.132. The first-order chi connectivity index (χ1) is 12.5. The Bertz CT molecular complexity index is 940. The summed E-state index contributed by atoms with van der Waals surface area (Å²) < 4.78 is 1.62. The van der Waals surface area contributed by atoms with Gasteiger partial charge in [-0.2, -0.15) is 4.68 Å². The molecular weight excluding hydrogens is 393 g/mol. The lowest BCUT2D eigenvalue weighted by atomic mass is 10.1. The van der Waals surface area contributed by atoms with Crippen molar-refractivity contribution in [3.8, 4) is 5.69 Å². The second kappa shape index (κ2) is 8.07. The van der Waals surface area contributed by atoms with Crippen molar-refractivity contribution in [2.75, 3.05) is 11.1 Å². The summed E-state index contributed by atoms with van der Waals surface area (Å²) in [6, 6.07) is 11.0. The topological polar surface area (TPSA) is 72.7 Å². The average molecular weight is 408 g/mol. The van der Waals surface area contributed by atoms with Crippen LogP contribution in [0.5, 0.6) is 0 Å². The molecule has 0 saturated carbocycles. The maximum Gasteiger partial charge on any atom is 0.234 e. The molecule has 0 aliphatic heterocycles. The number of hydrogen-bond acceptors (Lipinski definition) is 5. The Morgan fingerprint density at radius 3 is 2.62 bits per heavy atom. The molecule has 0 fully saturated rings. The molecule has 3 rings (SSSR count). The number of carbonyl (C=O) groups is 1. The summed E-state index contributed by atoms with van der Waals surface area (Å²) in [5.41, 5.74) is 3.48. The van der Waals surface area contributed by atoms with Crippen LogP contribution < -0.4 is 5.32 Å². The number of tetrazole rings is 1. The van der Waals surface area contributed by atoms with Crippen molar-refractivity contribution in [1.82, 2.24) is 20.2 Å². The van der Waals surface area contributed by atoms with E-state index in [0.717, 1.165) is 16.8 Å². The maximum absolute atomic E-state index is 12.2. The van der Waals surface area contributed by atoms with Crippen LogP contribution in [0.3, 0.4) is 0 Å². The minimum Gasteiger partial charge on any atom is -0.323 e. The molecule has 134 valence electrons. The highest BCUT2D eigenvalue weighted by Gasteiger charge is 2.15. The Hall–Kier alpha value is -2.09. The molecule has 0 aliphatic rings. The van der Waals surface area contributed by atoms with E-state index in [1.165, 1.54) is 11.8 Å². The Kier molecular flexibility index (Phi) is 5.80. The molecule has 6 nitrogen and oxygen atoms in total. The average Bonchev–Trinajstić information content (AvgIpc) is 3.05. The number of para-hydroxylation sites is 1. The lowest BCUT2D eigenvalue weighted by Gasteiger charge is -2.10. The van der Waals surface area contributed by atoms with Crippen LogP contribution in [0.4, 0.5) is 5.69 Å². The highest BCUT2D eigenvalue weighted by Crippen LogP contribution is 2.30. The number of nitrogens with zero attached hydrogens (tertiary/aromatic N) is 4. The van der Waals surface area contributed by atoms with Crippen LogP contribution in [-0.4, -0.2) is 31.9 Å². The molecule has 0 saturated heterocycles. The van der Waals surface area contributed by atoms with Crippen molar-refractivity contribution in [1.29, 1.82) is 0 Å². The third-order valence-electron chi connectivity index (χ3n) is 3.58. The Morgan fingerprint density at radius 2 is 1.92 bits per heavy atom. The zero-order valence-corrected chi connectivity index (χ0v) is 16.4. The van der Waals surface area contributed by atoms with E-state index in [2.05, 4.69) is 26.9 Å². The molecule has 3 aromatic rings. The highest BCUT2D eigenvalue weighted by molar-refractivity contribution is 7.99. The van der Waals surface area contributed by atoms with Gasteiger partial charge < -0.3 is 5.32 Å². The number of carbonyl (C=O) groups excluding carboxylic acids is 1. The first kappa shape index (κ1) is 18.7. The first-order valence-electron chi connectivity index (χ1n) is 7.68. The van der Waals surface area contributed by atoms with E-state index in [-0.39, 0.29) is 11.7 Å².